The van der Waals surface area contributed by atoms with Gasteiger partial charge in [-0.3, -0.25) is 4.79 Å². The van der Waals surface area contributed by atoms with Gasteiger partial charge in [0, 0.05) is 30.4 Å². The second-order valence-electron chi connectivity index (χ2n) is 6.27. The first-order valence-electron chi connectivity index (χ1n) is 6.92. The van der Waals surface area contributed by atoms with Gasteiger partial charge in [0.25, 0.3) is 5.91 Å². The minimum Gasteiger partial charge on any atom is -0.361 e. The molecule has 1 aliphatic rings. The monoisotopic (exact) mass is 256 g/mol. The summed E-state index contributed by atoms with van der Waals surface area (Å²) >= 11 is 0. The molecular weight excluding hydrogens is 236 g/mol. The van der Waals surface area contributed by atoms with Crippen molar-refractivity contribution in [1.29, 1.82) is 0 Å². The number of hydrogen-bond acceptors (Lipinski definition) is 1. The summed E-state index contributed by atoms with van der Waals surface area (Å²) in [6.45, 7) is 6.21. The van der Waals surface area contributed by atoms with Crippen molar-refractivity contribution in [3.8, 4) is 0 Å². The van der Waals surface area contributed by atoms with Gasteiger partial charge in [-0.05, 0) is 41.8 Å². The molecular formula is C16H20N2O. The Hall–Kier alpha value is -1.77. The lowest BCUT2D eigenvalue weighted by Gasteiger charge is -2.38. The van der Waals surface area contributed by atoms with Gasteiger partial charge in [-0.15, -0.1) is 0 Å². The Bertz CT molecular complexity index is 612. The zero-order valence-corrected chi connectivity index (χ0v) is 11.6. The number of aromatic nitrogens is 1. The molecule has 1 aliphatic heterocycles. The van der Waals surface area contributed by atoms with Crippen molar-refractivity contribution in [2.45, 2.75) is 26.7 Å². The molecule has 3 heteroatoms. The van der Waals surface area contributed by atoms with Crippen LogP contribution >= 0.6 is 0 Å². The first-order chi connectivity index (χ1) is 9.05. The molecule has 0 radical (unpaired) electrons. The predicted octanol–water partition coefficient (Wildman–Crippen LogP) is 3.43. The lowest BCUT2D eigenvalue weighted by Crippen LogP contribution is -2.43. The summed E-state index contributed by atoms with van der Waals surface area (Å²) < 4.78 is 0. The summed E-state index contributed by atoms with van der Waals surface area (Å²) in [6, 6.07) is 7.92. The Morgan fingerprint density at radius 3 is 2.95 bits per heavy atom. The Kier molecular flexibility index (Phi) is 2.85. The normalized spacial score (nSPS) is 18.7. The van der Waals surface area contributed by atoms with Gasteiger partial charge in [0.15, 0.2) is 0 Å². The van der Waals surface area contributed by atoms with E-state index in [1.165, 1.54) is 6.42 Å². The smallest absolute Gasteiger partial charge is 0.253 e. The van der Waals surface area contributed by atoms with E-state index in [1.807, 2.05) is 35.4 Å². The molecule has 2 aromatic rings. The Morgan fingerprint density at radius 1 is 1.32 bits per heavy atom. The number of nitrogens with zero attached hydrogens (tertiary/aromatic N) is 1. The van der Waals surface area contributed by atoms with Crippen LogP contribution in [0.1, 0.15) is 37.0 Å². The van der Waals surface area contributed by atoms with Crippen LogP contribution in [-0.2, 0) is 0 Å². The second kappa shape index (κ2) is 4.41. The number of aromatic amines is 1. The molecule has 2 heterocycles. The number of carbonyl (C=O) groups excluding carboxylic acids is 1. The number of piperidine rings is 1. The number of carbonyl (C=O) groups is 1. The number of H-pyrrole nitrogens is 1. The van der Waals surface area contributed by atoms with E-state index in [-0.39, 0.29) is 11.3 Å². The van der Waals surface area contributed by atoms with Gasteiger partial charge in [-0.1, -0.05) is 19.9 Å². The van der Waals surface area contributed by atoms with Crippen molar-refractivity contribution in [3.63, 3.8) is 0 Å². The van der Waals surface area contributed by atoms with Crippen LogP contribution in [0.15, 0.2) is 30.5 Å². The van der Waals surface area contributed by atoms with Crippen molar-refractivity contribution in [2.24, 2.45) is 5.41 Å². The molecule has 0 unspecified atom stereocenters. The maximum absolute atomic E-state index is 12.6. The Balaban J connectivity index is 1.86. The van der Waals surface area contributed by atoms with Crippen LogP contribution in [-0.4, -0.2) is 28.9 Å². The fourth-order valence-electron chi connectivity index (χ4n) is 2.96. The van der Waals surface area contributed by atoms with Gasteiger partial charge in [0.1, 0.15) is 0 Å². The molecule has 0 spiro atoms. The number of amides is 1. The van der Waals surface area contributed by atoms with Crippen LogP contribution in [0, 0.1) is 5.41 Å². The highest BCUT2D eigenvalue weighted by Crippen LogP contribution is 2.29. The highest BCUT2D eigenvalue weighted by molar-refractivity contribution is 5.98. The standard InChI is InChI=1S/C16H20N2O/c1-16(2)7-3-9-18(11-16)15(19)13-5-4-12-6-8-17-14(12)10-13/h4-6,8,10,17H,3,7,9,11H2,1-2H3. The fourth-order valence-corrected chi connectivity index (χ4v) is 2.96. The summed E-state index contributed by atoms with van der Waals surface area (Å²) in [6.07, 6.45) is 4.21. The Labute approximate surface area is 113 Å². The lowest BCUT2D eigenvalue weighted by atomic mass is 9.84. The number of benzene rings is 1. The molecule has 1 amide bonds. The number of nitrogens with one attached hydrogen (secondary N) is 1. The van der Waals surface area contributed by atoms with Crippen LogP contribution < -0.4 is 0 Å². The third-order valence-electron chi connectivity index (χ3n) is 3.99. The molecule has 1 N–H and O–H groups in total. The van der Waals surface area contributed by atoms with Crippen LogP contribution in [0.4, 0.5) is 0 Å². The third-order valence-corrected chi connectivity index (χ3v) is 3.99. The zero-order chi connectivity index (χ0) is 13.5. The van der Waals surface area contributed by atoms with E-state index in [4.69, 9.17) is 0 Å². The van der Waals surface area contributed by atoms with Gasteiger partial charge in [0.05, 0.1) is 0 Å². The molecule has 1 saturated heterocycles. The van der Waals surface area contributed by atoms with Crippen molar-refractivity contribution in [2.75, 3.05) is 13.1 Å². The first kappa shape index (κ1) is 12.3. The van der Waals surface area contributed by atoms with E-state index in [0.29, 0.717) is 0 Å². The van der Waals surface area contributed by atoms with Gasteiger partial charge in [0.2, 0.25) is 0 Å². The van der Waals surface area contributed by atoms with Crippen LogP contribution in [0.5, 0.6) is 0 Å². The molecule has 1 aromatic heterocycles. The Morgan fingerprint density at radius 2 is 2.16 bits per heavy atom. The lowest BCUT2D eigenvalue weighted by molar-refractivity contribution is 0.0583. The van der Waals surface area contributed by atoms with Crippen molar-refractivity contribution >= 4 is 16.8 Å². The minimum absolute atomic E-state index is 0.157. The second-order valence-corrected chi connectivity index (χ2v) is 6.27. The third kappa shape index (κ3) is 2.37. The highest BCUT2D eigenvalue weighted by Gasteiger charge is 2.29. The summed E-state index contributed by atoms with van der Waals surface area (Å²) in [7, 11) is 0. The van der Waals surface area contributed by atoms with Crippen LogP contribution in [0.25, 0.3) is 10.9 Å². The summed E-state index contributed by atoms with van der Waals surface area (Å²) in [5.74, 6) is 0.157. The largest absolute Gasteiger partial charge is 0.361 e. The zero-order valence-electron chi connectivity index (χ0n) is 11.6. The fraction of sp³-hybridized carbons (Fsp3) is 0.438. The van der Waals surface area contributed by atoms with Gasteiger partial charge >= 0.3 is 0 Å². The van der Waals surface area contributed by atoms with E-state index in [0.717, 1.165) is 36.0 Å². The quantitative estimate of drug-likeness (QED) is 0.833. The molecule has 1 fully saturated rings. The summed E-state index contributed by atoms with van der Waals surface area (Å²) in [4.78, 5) is 17.7. The molecule has 0 atom stereocenters. The molecule has 100 valence electrons. The van der Waals surface area contributed by atoms with Gasteiger partial charge < -0.3 is 9.88 Å². The molecule has 3 rings (SSSR count). The van der Waals surface area contributed by atoms with Gasteiger partial charge in [-0.2, -0.15) is 0 Å². The minimum atomic E-state index is 0.157. The maximum Gasteiger partial charge on any atom is 0.253 e. The summed E-state index contributed by atoms with van der Waals surface area (Å²) in [5.41, 5.74) is 2.06. The van der Waals surface area contributed by atoms with Crippen molar-refractivity contribution in [1.82, 2.24) is 9.88 Å². The SMILES string of the molecule is CC1(C)CCCN(C(=O)c2ccc3cc[nH]c3c2)C1. The van der Waals surface area contributed by atoms with E-state index in [2.05, 4.69) is 18.8 Å². The number of likely N-dealkylation sites (tertiary alicyclic amines) is 1. The average Bonchev–Trinajstić information content (AvgIpc) is 2.83. The molecule has 0 aliphatic carbocycles. The first-order valence-corrected chi connectivity index (χ1v) is 6.92. The molecule has 19 heavy (non-hydrogen) atoms. The van der Waals surface area contributed by atoms with Crippen LogP contribution in [0.2, 0.25) is 0 Å². The summed E-state index contributed by atoms with van der Waals surface area (Å²) in [5, 5.41) is 1.15. The van der Waals surface area contributed by atoms with Crippen molar-refractivity contribution in [3.05, 3.63) is 36.0 Å². The highest BCUT2D eigenvalue weighted by atomic mass is 16.2. The maximum atomic E-state index is 12.6. The topological polar surface area (TPSA) is 36.1 Å². The predicted molar refractivity (Wildman–Crippen MR) is 77.2 cm³/mol. The van der Waals surface area contributed by atoms with E-state index in [1.54, 1.807) is 0 Å². The van der Waals surface area contributed by atoms with E-state index in [9.17, 15) is 4.79 Å². The molecule has 1 aromatic carbocycles. The number of rotatable bonds is 1. The van der Waals surface area contributed by atoms with Gasteiger partial charge in [-0.25, -0.2) is 0 Å². The van der Waals surface area contributed by atoms with Crippen molar-refractivity contribution < 1.29 is 4.79 Å². The molecule has 0 bridgehead atoms. The molecule has 0 saturated carbocycles. The van der Waals surface area contributed by atoms with E-state index >= 15 is 0 Å². The molecule has 3 nitrogen and oxygen atoms in total. The number of fused-ring (bicyclic) bond motifs is 1. The average molecular weight is 256 g/mol. The van der Waals surface area contributed by atoms with Crippen LogP contribution in [0.3, 0.4) is 0 Å². The van der Waals surface area contributed by atoms with E-state index < -0.39 is 0 Å². The number of hydrogen-bond donors (Lipinski definition) is 1.